The zero-order valence-corrected chi connectivity index (χ0v) is 16.2. The number of ether oxygens (including phenoxy) is 1. The van der Waals surface area contributed by atoms with Crippen LogP contribution >= 0.6 is 12.2 Å². The molecule has 1 aliphatic heterocycles. The maximum atomic E-state index is 13.0. The summed E-state index contributed by atoms with van der Waals surface area (Å²) >= 11 is 5.21. The molecule has 1 aromatic heterocycles. The Bertz CT molecular complexity index is 913. The second kappa shape index (κ2) is 7.75. The second-order valence-corrected chi connectivity index (χ2v) is 6.76. The first-order valence-electron chi connectivity index (χ1n) is 8.72. The van der Waals surface area contributed by atoms with Crippen LogP contribution in [0, 0.1) is 0 Å². The monoisotopic (exact) mass is 383 g/mol. The summed E-state index contributed by atoms with van der Waals surface area (Å²) in [4.78, 5) is 26.6. The highest BCUT2D eigenvalue weighted by molar-refractivity contribution is 7.80. The Labute approximate surface area is 163 Å². The standard InChI is InChI=1S/C20H21N3O3S/c1-4-26-16-7-5-15(6-8-16)23-19(25)17(18(24)21-20(23)27)11-14-9-10-22(12-14)13(2)3/h5-13H,4H2,1-3H3,(H,21,24,27)/b17-11-. The van der Waals surface area contributed by atoms with Gasteiger partial charge in [-0.3, -0.25) is 19.8 Å². The Balaban J connectivity index is 1.92. The fourth-order valence-corrected chi connectivity index (χ4v) is 3.03. The van der Waals surface area contributed by atoms with Crippen molar-refractivity contribution in [3.05, 3.63) is 53.9 Å². The van der Waals surface area contributed by atoms with Gasteiger partial charge >= 0.3 is 0 Å². The summed E-state index contributed by atoms with van der Waals surface area (Å²) in [5.74, 6) is -0.249. The number of amides is 2. The Kier molecular flexibility index (Phi) is 5.41. The summed E-state index contributed by atoms with van der Waals surface area (Å²) in [5.41, 5.74) is 1.39. The summed E-state index contributed by atoms with van der Waals surface area (Å²) in [6.07, 6.45) is 5.39. The minimum absolute atomic E-state index is 0.0407. The summed E-state index contributed by atoms with van der Waals surface area (Å²) in [7, 11) is 0. The lowest BCUT2D eigenvalue weighted by Crippen LogP contribution is -2.54. The molecule has 1 fully saturated rings. The predicted molar refractivity (Wildman–Crippen MR) is 109 cm³/mol. The van der Waals surface area contributed by atoms with E-state index >= 15 is 0 Å². The number of hydrogen-bond acceptors (Lipinski definition) is 4. The van der Waals surface area contributed by atoms with Gasteiger partial charge in [-0.15, -0.1) is 0 Å². The van der Waals surface area contributed by atoms with Crippen LogP contribution in [-0.4, -0.2) is 28.1 Å². The van der Waals surface area contributed by atoms with Gasteiger partial charge in [0.25, 0.3) is 11.8 Å². The Morgan fingerprint density at radius 2 is 1.89 bits per heavy atom. The normalized spacial score (nSPS) is 16.2. The Hall–Kier alpha value is -2.93. The third-order valence-electron chi connectivity index (χ3n) is 4.15. The van der Waals surface area contributed by atoms with E-state index in [1.165, 1.54) is 4.90 Å². The number of hydrogen-bond donors (Lipinski definition) is 1. The molecule has 2 heterocycles. The van der Waals surface area contributed by atoms with Crippen molar-refractivity contribution in [3.8, 4) is 5.75 Å². The molecule has 0 radical (unpaired) electrons. The minimum atomic E-state index is -0.496. The van der Waals surface area contributed by atoms with Crippen molar-refractivity contribution in [3.63, 3.8) is 0 Å². The number of anilines is 1. The summed E-state index contributed by atoms with van der Waals surface area (Å²) in [6.45, 7) is 6.57. The average Bonchev–Trinajstić information content (AvgIpc) is 3.09. The molecule has 0 bridgehead atoms. The summed E-state index contributed by atoms with van der Waals surface area (Å²) in [6, 6.07) is 9.15. The molecule has 0 spiro atoms. The van der Waals surface area contributed by atoms with Gasteiger partial charge in [0.1, 0.15) is 11.3 Å². The quantitative estimate of drug-likeness (QED) is 0.489. The van der Waals surface area contributed by atoms with Crippen LogP contribution in [0.1, 0.15) is 32.4 Å². The molecular formula is C20H21N3O3S. The molecular weight excluding hydrogens is 362 g/mol. The molecule has 1 aliphatic rings. The van der Waals surface area contributed by atoms with E-state index in [-0.39, 0.29) is 10.7 Å². The van der Waals surface area contributed by atoms with E-state index in [0.717, 1.165) is 5.56 Å². The molecule has 0 aliphatic carbocycles. The molecule has 7 heteroatoms. The van der Waals surface area contributed by atoms with E-state index in [9.17, 15) is 9.59 Å². The van der Waals surface area contributed by atoms with E-state index in [0.29, 0.717) is 24.1 Å². The molecule has 1 N–H and O–H groups in total. The van der Waals surface area contributed by atoms with Crippen LogP contribution in [0.2, 0.25) is 0 Å². The molecule has 27 heavy (non-hydrogen) atoms. The first-order valence-corrected chi connectivity index (χ1v) is 9.13. The molecule has 2 aromatic rings. The molecule has 1 saturated heterocycles. The van der Waals surface area contributed by atoms with Crippen LogP contribution < -0.4 is 15.0 Å². The van der Waals surface area contributed by atoms with Gasteiger partial charge in [-0.1, -0.05) is 0 Å². The van der Waals surface area contributed by atoms with Crippen molar-refractivity contribution < 1.29 is 14.3 Å². The third-order valence-corrected chi connectivity index (χ3v) is 4.44. The molecule has 140 valence electrons. The number of nitrogens with zero attached hydrogens (tertiary/aromatic N) is 2. The van der Waals surface area contributed by atoms with Crippen LogP contribution in [0.25, 0.3) is 6.08 Å². The van der Waals surface area contributed by atoms with Crippen molar-refractivity contribution in [1.82, 2.24) is 9.88 Å². The average molecular weight is 383 g/mol. The van der Waals surface area contributed by atoms with Gasteiger partial charge in [-0.25, -0.2) is 0 Å². The second-order valence-electron chi connectivity index (χ2n) is 6.37. The minimum Gasteiger partial charge on any atom is -0.494 e. The van der Waals surface area contributed by atoms with Gasteiger partial charge in [0.05, 0.1) is 12.3 Å². The Morgan fingerprint density at radius 3 is 2.48 bits per heavy atom. The Morgan fingerprint density at radius 1 is 1.19 bits per heavy atom. The van der Waals surface area contributed by atoms with Gasteiger partial charge < -0.3 is 9.30 Å². The van der Waals surface area contributed by atoms with Crippen molar-refractivity contribution >= 4 is 40.9 Å². The number of thiocarbonyl (C=S) groups is 1. The maximum absolute atomic E-state index is 13.0. The van der Waals surface area contributed by atoms with Crippen molar-refractivity contribution in [2.45, 2.75) is 26.8 Å². The fraction of sp³-hybridized carbons (Fsp3) is 0.250. The highest BCUT2D eigenvalue weighted by Gasteiger charge is 2.34. The predicted octanol–water partition coefficient (Wildman–Crippen LogP) is 3.30. The number of carbonyl (C=O) groups is 2. The first-order chi connectivity index (χ1) is 12.9. The van der Waals surface area contributed by atoms with Crippen LogP contribution in [0.4, 0.5) is 5.69 Å². The van der Waals surface area contributed by atoms with E-state index in [4.69, 9.17) is 17.0 Å². The smallest absolute Gasteiger partial charge is 0.270 e. The molecule has 1 aromatic carbocycles. The highest BCUT2D eigenvalue weighted by Crippen LogP contribution is 2.24. The third kappa shape index (κ3) is 3.93. The van der Waals surface area contributed by atoms with Crippen LogP contribution in [0.5, 0.6) is 5.75 Å². The van der Waals surface area contributed by atoms with Gasteiger partial charge in [-0.2, -0.15) is 0 Å². The fourth-order valence-electron chi connectivity index (χ4n) is 2.75. The SMILES string of the molecule is CCOc1ccc(N2C(=O)/C(=C\c3ccn(C(C)C)c3)C(=O)NC2=S)cc1. The van der Waals surface area contributed by atoms with Crippen molar-refractivity contribution in [1.29, 1.82) is 0 Å². The molecule has 3 rings (SSSR count). The lowest BCUT2D eigenvalue weighted by molar-refractivity contribution is -0.122. The topological polar surface area (TPSA) is 63.6 Å². The molecule has 0 atom stereocenters. The number of nitrogens with one attached hydrogen (secondary N) is 1. The van der Waals surface area contributed by atoms with E-state index in [1.54, 1.807) is 30.3 Å². The summed E-state index contributed by atoms with van der Waals surface area (Å²) < 4.78 is 7.43. The number of carbonyl (C=O) groups excluding carboxylic acids is 2. The molecule has 2 amide bonds. The van der Waals surface area contributed by atoms with Crippen molar-refractivity contribution in [2.75, 3.05) is 11.5 Å². The molecule has 6 nitrogen and oxygen atoms in total. The van der Waals surface area contributed by atoms with Gasteiger partial charge in [-0.05, 0) is 75.0 Å². The zero-order chi connectivity index (χ0) is 19.6. The highest BCUT2D eigenvalue weighted by atomic mass is 32.1. The van der Waals surface area contributed by atoms with E-state index in [2.05, 4.69) is 19.2 Å². The van der Waals surface area contributed by atoms with Crippen LogP contribution in [0.3, 0.4) is 0 Å². The largest absolute Gasteiger partial charge is 0.494 e. The maximum Gasteiger partial charge on any atom is 0.270 e. The molecule has 0 unspecified atom stereocenters. The summed E-state index contributed by atoms with van der Waals surface area (Å²) in [5, 5.41) is 2.65. The lowest BCUT2D eigenvalue weighted by atomic mass is 10.1. The van der Waals surface area contributed by atoms with E-state index in [1.807, 2.05) is 30.0 Å². The zero-order valence-electron chi connectivity index (χ0n) is 15.4. The van der Waals surface area contributed by atoms with Crippen molar-refractivity contribution in [2.24, 2.45) is 0 Å². The molecule has 0 saturated carbocycles. The van der Waals surface area contributed by atoms with E-state index < -0.39 is 11.8 Å². The number of aromatic nitrogens is 1. The number of rotatable bonds is 5. The van der Waals surface area contributed by atoms with Gasteiger partial charge in [0.2, 0.25) is 0 Å². The van der Waals surface area contributed by atoms with Crippen LogP contribution in [0.15, 0.2) is 48.3 Å². The van der Waals surface area contributed by atoms with Gasteiger partial charge in [0, 0.05) is 18.4 Å². The van der Waals surface area contributed by atoms with Crippen LogP contribution in [-0.2, 0) is 9.59 Å². The number of benzene rings is 1. The first kappa shape index (κ1) is 18.8. The lowest BCUT2D eigenvalue weighted by Gasteiger charge is -2.29. The van der Waals surface area contributed by atoms with Gasteiger partial charge in [0.15, 0.2) is 5.11 Å².